The second-order valence-electron chi connectivity index (χ2n) is 6.13. The fraction of sp³-hybridized carbons (Fsp3) is 0.211. The zero-order valence-corrected chi connectivity index (χ0v) is 13.9. The summed E-state index contributed by atoms with van der Waals surface area (Å²) in [6.07, 6.45) is 1.73. The Kier molecular flexibility index (Phi) is 4.20. The van der Waals surface area contributed by atoms with Crippen molar-refractivity contribution in [2.45, 2.75) is 0 Å². The minimum Gasteiger partial charge on any atom is -0.352 e. The van der Waals surface area contributed by atoms with Gasteiger partial charge in [-0.25, -0.2) is 13.8 Å². The molecule has 0 N–H and O–H groups in total. The van der Waals surface area contributed by atoms with Crippen LogP contribution in [0, 0.1) is 11.6 Å². The maximum absolute atomic E-state index is 13.3. The molecule has 2 heterocycles. The molecule has 3 aromatic rings. The molecule has 0 saturated carbocycles. The first-order chi connectivity index (χ1) is 12.6. The number of nitrogens with zero attached hydrogens (tertiary/aromatic N) is 4. The average Bonchev–Trinajstić information content (AvgIpc) is 2.69. The summed E-state index contributed by atoms with van der Waals surface area (Å²) < 4.78 is 26.4. The molecule has 1 aliphatic heterocycles. The number of para-hydroxylation sites is 2. The molecule has 132 valence electrons. The predicted molar refractivity (Wildman–Crippen MR) is 94.0 cm³/mol. The molecular weight excluding hydrogens is 338 g/mol. The highest BCUT2D eigenvalue weighted by Gasteiger charge is 2.23. The zero-order valence-electron chi connectivity index (χ0n) is 13.9. The number of fused-ring (bicyclic) bond motifs is 1. The number of rotatable bonds is 2. The summed E-state index contributed by atoms with van der Waals surface area (Å²) in [6, 6.07) is 10.9. The summed E-state index contributed by atoms with van der Waals surface area (Å²) in [6.45, 7) is 2.16. The topological polar surface area (TPSA) is 49.3 Å². The zero-order chi connectivity index (χ0) is 18.1. The summed E-state index contributed by atoms with van der Waals surface area (Å²) in [4.78, 5) is 25.2. The molecule has 4 rings (SSSR count). The van der Waals surface area contributed by atoms with E-state index < -0.39 is 11.6 Å². The van der Waals surface area contributed by atoms with E-state index >= 15 is 0 Å². The summed E-state index contributed by atoms with van der Waals surface area (Å²) in [5.41, 5.74) is 1.82. The van der Waals surface area contributed by atoms with Crippen LogP contribution in [-0.4, -0.2) is 47.0 Å². The van der Waals surface area contributed by atoms with Crippen molar-refractivity contribution in [3.05, 3.63) is 65.9 Å². The number of halogens is 2. The molecule has 0 bridgehead atoms. The highest BCUT2D eigenvalue weighted by Crippen LogP contribution is 2.18. The molecule has 2 aromatic carbocycles. The van der Waals surface area contributed by atoms with Crippen LogP contribution in [0.4, 0.5) is 14.6 Å². The third-order valence-corrected chi connectivity index (χ3v) is 4.49. The summed E-state index contributed by atoms with van der Waals surface area (Å²) >= 11 is 0. The number of carbonyl (C=O) groups excluding carboxylic acids is 1. The molecule has 1 saturated heterocycles. The monoisotopic (exact) mass is 354 g/mol. The Morgan fingerprint density at radius 1 is 0.923 bits per heavy atom. The lowest BCUT2D eigenvalue weighted by atomic mass is 10.1. The van der Waals surface area contributed by atoms with Gasteiger partial charge in [0, 0.05) is 31.7 Å². The van der Waals surface area contributed by atoms with E-state index in [2.05, 4.69) is 14.9 Å². The van der Waals surface area contributed by atoms with Crippen LogP contribution in [0.3, 0.4) is 0 Å². The molecule has 0 unspecified atom stereocenters. The summed E-state index contributed by atoms with van der Waals surface area (Å²) in [5.74, 6) is -1.50. The van der Waals surface area contributed by atoms with Gasteiger partial charge in [0.1, 0.15) is 5.82 Å². The minimum absolute atomic E-state index is 0.155. The molecule has 1 fully saturated rings. The Hall–Kier alpha value is -3.09. The predicted octanol–water partition coefficient (Wildman–Crippen LogP) is 2.87. The SMILES string of the molecule is O=C(c1ccc(F)c(F)c1)N1CCN(c2cnc3ccccc3n2)CC1. The lowest BCUT2D eigenvalue weighted by Crippen LogP contribution is -2.49. The van der Waals surface area contributed by atoms with Gasteiger partial charge in [-0.3, -0.25) is 9.78 Å². The smallest absolute Gasteiger partial charge is 0.254 e. The van der Waals surface area contributed by atoms with Crippen molar-refractivity contribution in [1.82, 2.24) is 14.9 Å². The Morgan fingerprint density at radius 3 is 2.38 bits per heavy atom. The van der Waals surface area contributed by atoms with Crippen LogP contribution in [0.5, 0.6) is 0 Å². The molecule has 1 amide bonds. The quantitative estimate of drug-likeness (QED) is 0.710. The Labute approximate surface area is 148 Å². The number of hydrogen-bond donors (Lipinski definition) is 0. The number of amides is 1. The fourth-order valence-electron chi connectivity index (χ4n) is 3.05. The summed E-state index contributed by atoms with van der Waals surface area (Å²) in [7, 11) is 0. The average molecular weight is 354 g/mol. The van der Waals surface area contributed by atoms with Gasteiger partial charge in [0.05, 0.1) is 17.2 Å². The first-order valence-electron chi connectivity index (χ1n) is 8.33. The molecule has 0 atom stereocenters. The van der Waals surface area contributed by atoms with E-state index in [9.17, 15) is 13.6 Å². The van der Waals surface area contributed by atoms with E-state index in [1.54, 1.807) is 11.1 Å². The number of hydrogen-bond acceptors (Lipinski definition) is 4. The van der Waals surface area contributed by atoms with Crippen molar-refractivity contribution < 1.29 is 13.6 Å². The largest absolute Gasteiger partial charge is 0.352 e. The van der Waals surface area contributed by atoms with Gasteiger partial charge in [-0.05, 0) is 30.3 Å². The van der Waals surface area contributed by atoms with E-state index in [1.165, 1.54) is 6.07 Å². The molecule has 0 spiro atoms. The van der Waals surface area contributed by atoms with Crippen LogP contribution in [0.15, 0.2) is 48.7 Å². The van der Waals surface area contributed by atoms with Crippen molar-refractivity contribution >= 4 is 22.8 Å². The van der Waals surface area contributed by atoms with Crippen LogP contribution in [0.2, 0.25) is 0 Å². The number of benzene rings is 2. The first-order valence-corrected chi connectivity index (χ1v) is 8.33. The summed E-state index contributed by atoms with van der Waals surface area (Å²) in [5, 5.41) is 0. The van der Waals surface area contributed by atoms with Gasteiger partial charge in [0.25, 0.3) is 5.91 Å². The molecule has 7 heteroatoms. The standard InChI is InChI=1S/C19H16F2N4O/c20-14-6-5-13(11-15(14)21)19(26)25-9-7-24(8-10-25)18-12-22-16-3-1-2-4-17(16)23-18/h1-6,11-12H,7-10H2. The fourth-order valence-corrected chi connectivity index (χ4v) is 3.05. The third kappa shape index (κ3) is 3.08. The van der Waals surface area contributed by atoms with E-state index in [1.807, 2.05) is 24.3 Å². The molecule has 1 aromatic heterocycles. The van der Waals surface area contributed by atoms with Crippen LogP contribution in [0.25, 0.3) is 11.0 Å². The van der Waals surface area contributed by atoms with Gasteiger partial charge in [0.2, 0.25) is 0 Å². The van der Waals surface area contributed by atoms with Crippen molar-refractivity contribution in [2.75, 3.05) is 31.1 Å². The van der Waals surface area contributed by atoms with Crippen LogP contribution in [-0.2, 0) is 0 Å². The third-order valence-electron chi connectivity index (χ3n) is 4.49. The molecular formula is C19H16F2N4O. The Balaban J connectivity index is 1.46. The van der Waals surface area contributed by atoms with Gasteiger partial charge >= 0.3 is 0 Å². The van der Waals surface area contributed by atoms with E-state index in [0.717, 1.165) is 29.0 Å². The van der Waals surface area contributed by atoms with Crippen molar-refractivity contribution in [2.24, 2.45) is 0 Å². The van der Waals surface area contributed by atoms with Crippen LogP contribution < -0.4 is 4.90 Å². The normalized spacial score (nSPS) is 14.7. The van der Waals surface area contributed by atoms with Crippen LogP contribution in [0.1, 0.15) is 10.4 Å². The maximum Gasteiger partial charge on any atom is 0.254 e. The van der Waals surface area contributed by atoms with Gasteiger partial charge in [-0.15, -0.1) is 0 Å². The van der Waals surface area contributed by atoms with Gasteiger partial charge < -0.3 is 9.80 Å². The molecule has 1 aliphatic rings. The van der Waals surface area contributed by atoms with Crippen molar-refractivity contribution in [3.8, 4) is 0 Å². The lowest BCUT2D eigenvalue weighted by Gasteiger charge is -2.35. The Morgan fingerprint density at radius 2 is 1.65 bits per heavy atom. The van der Waals surface area contributed by atoms with Crippen LogP contribution >= 0.6 is 0 Å². The number of anilines is 1. The molecule has 0 radical (unpaired) electrons. The minimum atomic E-state index is -1.01. The lowest BCUT2D eigenvalue weighted by molar-refractivity contribution is 0.0746. The van der Waals surface area contributed by atoms with E-state index in [4.69, 9.17) is 0 Å². The number of piperazine rings is 1. The molecule has 26 heavy (non-hydrogen) atoms. The first kappa shape index (κ1) is 16.4. The second kappa shape index (κ2) is 6.67. The number of aromatic nitrogens is 2. The highest BCUT2D eigenvalue weighted by molar-refractivity contribution is 5.94. The maximum atomic E-state index is 13.3. The molecule has 0 aliphatic carbocycles. The van der Waals surface area contributed by atoms with E-state index in [-0.39, 0.29) is 11.5 Å². The highest BCUT2D eigenvalue weighted by atomic mass is 19.2. The second-order valence-corrected chi connectivity index (χ2v) is 6.13. The van der Waals surface area contributed by atoms with E-state index in [0.29, 0.717) is 26.2 Å². The van der Waals surface area contributed by atoms with Crippen molar-refractivity contribution in [3.63, 3.8) is 0 Å². The van der Waals surface area contributed by atoms with Gasteiger partial charge in [-0.1, -0.05) is 12.1 Å². The van der Waals surface area contributed by atoms with Gasteiger partial charge in [-0.2, -0.15) is 0 Å². The van der Waals surface area contributed by atoms with Crippen molar-refractivity contribution in [1.29, 1.82) is 0 Å². The van der Waals surface area contributed by atoms with Gasteiger partial charge in [0.15, 0.2) is 11.6 Å². The Bertz CT molecular complexity index is 971. The molecule has 5 nitrogen and oxygen atoms in total. The number of carbonyl (C=O) groups is 1.